The molecule has 0 aliphatic rings. The molecule has 0 aromatic heterocycles. The standard InChI is InChI=1S/C18H35NO4S/c1-4-6-7-8-9-10-11-14-22-17(20)16(12-15-24-3)19-18(21)23-13-5-2/h16H,4-15H2,1-3H3,(H,19,21). The van der Waals surface area contributed by atoms with Crippen molar-refractivity contribution in [2.45, 2.75) is 77.7 Å². The molecule has 1 amide bonds. The lowest BCUT2D eigenvalue weighted by Gasteiger charge is -2.17. The Labute approximate surface area is 151 Å². The van der Waals surface area contributed by atoms with Crippen LogP contribution >= 0.6 is 11.8 Å². The smallest absolute Gasteiger partial charge is 0.407 e. The molecule has 0 rings (SSSR count). The fourth-order valence-corrected chi connectivity index (χ4v) is 2.67. The number of carbonyl (C=O) groups is 2. The summed E-state index contributed by atoms with van der Waals surface area (Å²) in [4.78, 5) is 23.8. The van der Waals surface area contributed by atoms with Crippen molar-refractivity contribution in [1.82, 2.24) is 5.32 Å². The molecule has 24 heavy (non-hydrogen) atoms. The third-order valence-electron chi connectivity index (χ3n) is 3.62. The Bertz CT molecular complexity index is 326. The lowest BCUT2D eigenvalue weighted by Crippen LogP contribution is -2.42. The topological polar surface area (TPSA) is 64.6 Å². The third kappa shape index (κ3) is 13.5. The molecule has 0 saturated carbocycles. The van der Waals surface area contributed by atoms with Gasteiger partial charge in [0.1, 0.15) is 6.04 Å². The number of alkyl carbamates (subject to hydrolysis) is 1. The maximum Gasteiger partial charge on any atom is 0.407 e. The van der Waals surface area contributed by atoms with Crippen molar-refractivity contribution >= 4 is 23.8 Å². The Kier molecular flexibility index (Phi) is 16.3. The number of esters is 1. The van der Waals surface area contributed by atoms with Gasteiger partial charge in [-0.25, -0.2) is 9.59 Å². The van der Waals surface area contributed by atoms with Gasteiger partial charge < -0.3 is 14.8 Å². The molecular formula is C18H35NO4S. The first kappa shape index (κ1) is 23.1. The van der Waals surface area contributed by atoms with Gasteiger partial charge in [-0.2, -0.15) is 11.8 Å². The van der Waals surface area contributed by atoms with Crippen LogP contribution in [0.3, 0.4) is 0 Å². The minimum absolute atomic E-state index is 0.355. The van der Waals surface area contributed by atoms with E-state index in [0.29, 0.717) is 19.6 Å². The van der Waals surface area contributed by atoms with Gasteiger partial charge in [0, 0.05) is 0 Å². The van der Waals surface area contributed by atoms with E-state index in [1.165, 1.54) is 32.1 Å². The minimum atomic E-state index is -0.619. The van der Waals surface area contributed by atoms with Crippen molar-refractivity contribution in [2.75, 3.05) is 25.2 Å². The Balaban J connectivity index is 3.96. The summed E-state index contributed by atoms with van der Waals surface area (Å²) < 4.78 is 10.3. The number of unbranched alkanes of at least 4 members (excludes halogenated alkanes) is 6. The lowest BCUT2D eigenvalue weighted by molar-refractivity contribution is -0.146. The van der Waals surface area contributed by atoms with E-state index in [1.807, 2.05) is 13.2 Å². The van der Waals surface area contributed by atoms with Crippen LogP contribution in [0, 0.1) is 0 Å². The molecule has 1 unspecified atom stereocenters. The summed E-state index contributed by atoms with van der Waals surface area (Å²) in [5.41, 5.74) is 0. The number of ether oxygens (including phenoxy) is 2. The average Bonchev–Trinajstić information content (AvgIpc) is 2.58. The van der Waals surface area contributed by atoms with E-state index in [-0.39, 0.29) is 5.97 Å². The van der Waals surface area contributed by atoms with Crippen molar-refractivity contribution in [1.29, 1.82) is 0 Å². The highest BCUT2D eigenvalue weighted by Crippen LogP contribution is 2.08. The van der Waals surface area contributed by atoms with Crippen molar-refractivity contribution in [3.63, 3.8) is 0 Å². The number of thioether (sulfide) groups is 1. The van der Waals surface area contributed by atoms with Crippen LogP contribution in [0.2, 0.25) is 0 Å². The zero-order valence-corrected chi connectivity index (χ0v) is 16.4. The van der Waals surface area contributed by atoms with Gasteiger partial charge >= 0.3 is 12.1 Å². The summed E-state index contributed by atoms with van der Waals surface area (Å²) >= 11 is 1.63. The first-order valence-corrected chi connectivity index (χ1v) is 10.6. The van der Waals surface area contributed by atoms with Crippen LogP contribution in [0.4, 0.5) is 4.79 Å². The largest absolute Gasteiger partial charge is 0.464 e. The van der Waals surface area contributed by atoms with E-state index in [4.69, 9.17) is 9.47 Å². The van der Waals surface area contributed by atoms with Crippen molar-refractivity contribution in [3.05, 3.63) is 0 Å². The number of hydrogen-bond donors (Lipinski definition) is 1. The minimum Gasteiger partial charge on any atom is -0.464 e. The maximum atomic E-state index is 12.1. The first-order chi connectivity index (χ1) is 11.7. The van der Waals surface area contributed by atoms with Crippen LogP contribution in [0.1, 0.15) is 71.6 Å². The monoisotopic (exact) mass is 361 g/mol. The van der Waals surface area contributed by atoms with E-state index in [2.05, 4.69) is 12.2 Å². The fraction of sp³-hybridized carbons (Fsp3) is 0.889. The Morgan fingerprint density at radius 2 is 1.58 bits per heavy atom. The van der Waals surface area contributed by atoms with Gasteiger partial charge in [-0.15, -0.1) is 0 Å². The fourth-order valence-electron chi connectivity index (χ4n) is 2.20. The van der Waals surface area contributed by atoms with Crippen LogP contribution < -0.4 is 5.32 Å². The molecule has 6 heteroatoms. The molecule has 0 bridgehead atoms. The molecule has 0 fully saturated rings. The summed E-state index contributed by atoms with van der Waals surface area (Å²) in [6, 6.07) is -0.619. The van der Waals surface area contributed by atoms with Crippen molar-refractivity contribution in [3.8, 4) is 0 Å². The molecule has 0 spiro atoms. The van der Waals surface area contributed by atoms with Gasteiger partial charge in [0.05, 0.1) is 13.2 Å². The Hall–Kier alpha value is -0.910. The zero-order valence-electron chi connectivity index (χ0n) is 15.6. The van der Waals surface area contributed by atoms with Crippen molar-refractivity contribution < 1.29 is 19.1 Å². The van der Waals surface area contributed by atoms with E-state index < -0.39 is 12.1 Å². The molecule has 0 radical (unpaired) electrons. The van der Waals surface area contributed by atoms with Crippen LogP contribution in [0.15, 0.2) is 0 Å². The molecule has 0 heterocycles. The predicted octanol–water partition coefficient (Wildman–Crippen LogP) is 4.54. The number of hydrogen-bond acceptors (Lipinski definition) is 5. The van der Waals surface area contributed by atoms with Gasteiger partial charge in [0.15, 0.2) is 0 Å². The highest BCUT2D eigenvalue weighted by Gasteiger charge is 2.22. The number of nitrogens with one attached hydrogen (secondary N) is 1. The second-order valence-electron chi connectivity index (χ2n) is 5.90. The molecule has 0 aromatic rings. The normalized spacial score (nSPS) is 11.8. The summed E-state index contributed by atoms with van der Waals surface area (Å²) in [6.45, 7) is 4.91. The van der Waals surface area contributed by atoms with Gasteiger partial charge in [-0.05, 0) is 31.3 Å². The first-order valence-electron chi connectivity index (χ1n) is 9.24. The molecule has 0 aromatic carbocycles. The van der Waals surface area contributed by atoms with Gasteiger partial charge in [0.25, 0.3) is 0 Å². The summed E-state index contributed by atoms with van der Waals surface area (Å²) in [5, 5.41) is 2.61. The summed E-state index contributed by atoms with van der Waals surface area (Å²) in [5.74, 6) is 0.425. The molecule has 0 saturated heterocycles. The van der Waals surface area contributed by atoms with Gasteiger partial charge in [0.2, 0.25) is 0 Å². The molecule has 1 atom stereocenters. The van der Waals surface area contributed by atoms with Crippen LogP contribution in [0.25, 0.3) is 0 Å². The number of amides is 1. The number of carbonyl (C=O) groups excluding carboxylic acids is 2. The van der Waals surface area contributed by atoms with Crippen LogP contribution in [0.5, 0.6) is 0 Å². The molecule has 5 nitrogen and oxygen atoms in total. The molecule has 0 aliphatic heterocycles. The Morgan fingerprint density at radius 3 is 2.21 bits per heavy atom. The molecule has 1 N–H and O–H groups in total. The second-order valence-corrected chi connectivity index (χ2v) is 6.89. The Morgan fingerprint density at radius 1 is 0.917 bits per heavy atom. The highest BCUT2D eigenvalue weighted by atomic mass is 32.2. The maximum absolute atomic E-state index is 12.1. The van der Waals surface area contributed by atoms with Crippen LogP contribution in [-0.4, -0.2) is 43.3 Å². The SMILES string of the molecule is CCCCCCCCCOC(=O)C(CCSC)NC(=O)OCCC. The molecular weight excluding hydrogens is 326 g/mol. The number of rotatable bonds is 15. The van der Waals surface area contributed by atoms with Gasteiger partial charge in [-0.1, -0.05) is 52.4 Å². The van der Waals surface area contributed by atoms with E-state index >= 15 is 0 Å². The molecule has 0 aliphatic carbocycles. The van der Waals surface area contributed by atoms with E-state index in [1.54, 1.807) is 11.8 Å². The quantitative estimate of drug-likeness (QED) is 0.343. The summed E-state index contributed by atoms with van der Waals surface area (Å²) in [7, 11) is 0. The van der Waals surface area contributed by atoms with Gasteiger partial charge in [-0.3, -0.25) is 0 Å². The van der Waals surface area contributed by atoms with Crippen LogP contribution in [-0.2, 0) is 14.3 Å². The van der Waals surface area contributed by atoms with E-state index in [9.17, 15) is 9.59 Å². The third-order valence-corrected chi connectivity index (χ3v) is 4.26. The average molecular weight is 362 g/mol. The lowest BCUT2D eigenvalue weighted by atomic mass is 10.1. The highest BCUT2D eigenvalue weighted by molar-refractivity contribution is 7.98. The zero-order chi connectivity index (χ0) is 18.0. The molecule has 142 valence electrons. The predicted molar refractivity (Wildman–Crippen MR) is 101 cm³/mol. The van der Waals surface area contributed by atoms with Crippen molar-refractivity contribution in [2.24, 2.45) is 0 Å². The summed E-state index contributed by atoms with van der Waals surface area (Å²) in [6.07, 6.45) is 11.0. The van der Waals surface area contributed by atoms with E-state index in [0.717, 1.165) is 25.0 Å². The second kappa shape index (κ2) is 16.9.